The fraction of sp³-hybridized carbons (Fsp3) is 0.400. The Morgan fingerprint density at radius 2 is 2.25 bits per heavy atom. The van der Waals surface area contributed by atoms with Gasteiger partial charge in [0.25, 0.3) is 0 Å². The Morgan fingerprint density at radius 3 is 2.95 bits per heavy atom. The summed E-state index contributed by atoms with van der Waals surface area (Å²) in [6.07, 6.45) is 2.46. The molecule has 1 aromatic carbocycles. The molecular weight excluding hydrogens is 339 g/mol. The Balaban J connectivity index is 1.99. The third-order valence-corrected chi connectivity index (χ3v) is 5.18. The molecule has 1 aliphatic rings. The molecule has 0 unspecified atom stereocenters. The molecule has 2 aromatic rings. The average molecular weight is 355 g/mol. The minimum atomic E-state index is -0.223. The minimum Gasteiger partial charge on any atom is -0.312 e. The van der Waals surface area contributed by atoms with Crippen molar-refractivity contribution < 1.29 is 4.39 Å². The second-order valence-electron chi connectivity index (χ2n) is 5.01. The first-order valence-electron chi connectivity index (χ1n) is 6.84. The van der Waals surface area contributed by atoms with Crippen LogP contribution in [0.5, 0.6) is 0 Å². The molecular formula is C15H16BrFN2S. The first-order valence-corrected chi connectivity index (χ1v) is 8.45. The lowest BCUT2D eigenvalue weighted by atomic mass is 10.2. The molecule has 0 bridgehead atoms. The Labute approximate surface area is 130 Å². The summed E-state index contributed by atoms with van der Waals surface area (Å²) < 4.78 is 14.4. The highest BCUT2D eigenvalue weighted by molar-refractivity contribution is 9.10. The number of thiazole rings is 1. The molecule has 2 nitrogen and oxygen atoms in total. The van der Waals surface area contributed by atoms with Crippen molar-refractivity contribution in [3.05, 3.63) is 39.1 Å². The van der Waals surface area contributed by atoms with Gasteiger partial charge in [-0.1, -0.05) is 22.9 Å². The summed E-state index contributed by atoms with van der Waals surface area (Å²) in [5.74, 6) is 0.389. The van der Waals surface area contributed by atoms with Gasteiger partial charge in [-0.3, -0.25) is 0 Å². The van der Waals surface area contributed by atoms with Crippen LogP contribution < -0.4 is 5.32 Å². The fourth-order valence-electron chi connectivity index (χ4n) is 2.18. The first-order chi connectivity index (χ1) is 9.69. The number of halogens is 2. The Kier molecular flexibility index (Phi) is 4.19. The van der Waals surface area contributed by atoms with E-state index in [0.29, 0.717) is 5.92 Å². The van der Waals surface area contributed by atoms with Crippen LogP contribution in [-0.2, 0) is 6.54 Å². The van der Waals surface area contributed by atoms with Gasteiger partial charge in [0.15, 0.2) is 0 Å². The molecule has 106 valence electrons. The summed E-state index contributed by atoms with van der Waals surface area (Å²) in [7, 11) is 0. The van der Waals surface area contributed by atoms with Crippen LogP contribution in [-0.4, -0.2) is 11.5 Å². The highest BCUT2D eigenvalue weighted by Gasteiger charge is 2.29. The number of aromatic nitrogens is 1. The van der Waals surface area contributed by atoms with Gasteiger partial charge in [0.2, 0.25) is 0 Å². The van der Waals surface area contributed by atoms with Gasteiger partial charge in [0.1, 0.15) is 10.8 Å². The third-order valence-electron chi connectivity index (χ3n) is 3.39. The summed E-state index contributed by atoms with van der Waals surface area (Å²) >= 11 is 5.16. The standard InChI is InChI=1S/C15H16BrFN2S/c1-2-18-8-13-14(9-3-4-9)19-15(20-13)11-7-10(17)5-6-12(11)16/h5-7,9,18H,2-4,8H2,1H3. The molecule has 5 heteroatoms. The molecule has 1 fully saturated rings. The second-order valence-corrected chi connectivity index (χ2v) is 6.94. The van der Waals surface area contributed by atoms with Gasteiger partial charge in [-0.25, -0.2) is 9.37 Å². The highest BCUT2D eigenvalue weighted by Crippen LogP contribution is 2.45. The van der Waals surface area contributed by atoms with Crippen LogP contribution in [0.15, 0.2) is 22.7 Å². The maximum atomic E-state index is 13.5. The molecule has 1 aromatic heterocycles. The number of nitrogens with one attached hydrogen (secondary N) is 1. The van der Waals surface area contributed by atoms with E-state index >= 15 is 0 Å². The van der Waals surface area contributed by atoms with Crippen LogP contribution in [0.3, 0.4) is 0 Å². The molecule has 0 aliphatic heterocycles. The van der Waals surface area contributed by atoms with E-state index in [1.807, 2.05) is 0 Å². The van der Waals surface area contributed by atoms with Crippen LogP contribution in [0.1, 0.15) is 36.3 Å². The van der Waals surface area contributed by atoms with Crippen molar-refractivity contribution in [2.24, 2.45) is 0 Å². The molecule has 1 aliphatic carbocycles. The van der Waals surface area contributed by atoms with Gasteiger partial charge in [-0.05, 0) is 37.6 Å². The Hall–Kier alpha value is -0.780. The number of hydrogen-bond acceptors (Lipinski definition) is 3. The minimum absolute atomic E-state index is 0.223. The number of nitrogens with zero attached hydrogens (tertiary/aromatic N) is 1. The number of benzene rings is 1. The van der Waals surface area contributed by atoms with Crippen LogP contribution in [0.4, 0.5) is 4.39 Å². The molecule has 0 spiro atoms. The van der Waals surface area contributed by atoms with E-state index in [-0.39, 0.29) is 5.82 Å². The summed E-state index contributed by atoms with van der Waals surface area (Å²) in [5.41, 5.74) is 2.06. The van der Waals surface area contributed by atoms with E-state index in [0.717, 1.165) is 28.1 Å². The van der Waals surface area contributed by atoms with Crippen LogP contribution >= 0.6 is 27.3 Å². The van der Waals surface area contributed by atoms with E-state index in [2.05, 4.69) is 28.2 Å². The molecule has 0 radical (unpaired) electrons. The quantitative estimate of drug-likeness (QED) is 0.841. The highest BCUT2D eigenvalue weighted by atomic mass is 79.9. The second kappa shape index (κ2) is 5.92. The van der Waals surface area contributed by atoms with Gasteiger partial charge < -0.3 is 5.32 Å². The topological polar surface area (TPSA) is 24.9 Å². The Morgan fingerprint density at radius 1 is 1.45 bits per heavy atom. The number of rotatable bonds is 5. The number of hydrogen-bond donors (Lipinski definition) is 1. The first kappa shape index (κ1) is 14.2. The monoisotopic (exact) mass is 354 g/mol. The lowest BCUT2D eigenvalue weighted by Crippen LogP contribution is -2.11. The van der Waals surface area contributed by atoms with E-state index in [4.69, 9.17) is 4.98 Å². The van der Waals surface area contributed by atoms with Crippen molar-refractivity contribution in [3.8, 4) is 10.6 Å². The molecule has 0 amide bonds. The van der Waals surface area contributed by atoms with Gasteiger partial charge >= 0.3 is 0 Å². The van der Waals surface area contributed by atoms with E-state index in [9.17, 15) is 4.39 Å². The summed E-state index contributed by atoms with van der Waals surface area (Å²) in [6, 6.07) is 4.76. The average Bonchev–Trinajstić information content (AvgIpc) is 3.20. The lowest BCUT2D eigenvalue weighted by molar-refractivity contribution is 0.628. The van der Waals surface area contributed by atoms with Crippen molar-refractivity contribution in [2.45, 2.75) is 32.2 Å². The Bertz CT molecular complexity index is 622. The lowest BCUT2D eigenvalue weighted by Gasteiger charge is -2.00. The molecule has 3 rings (SSSR count). The SMILES string of the molecule is CCNCc1sc(-c2cc(F)ccc2Br)nc1C1CC1. The molecule has 1 saturated carbocycles. The van der Waals surface area contributed by atoms with E-state index < -0.39 is 0 Å². The zero-order chi connectivity index (χ0) is 14.1. The third kappa shape index (κ3) is 2.95. The normalized spacial score (nSPS) is 14.8. The van der Waals surface area contributed by atoms with Crippen LogP contribution in [0.25, 0.3) is 10.6 Å². The van der Waals surface area contributed by atoms with Crippen molar-refractivity contribution in [3.63, 3.8) is 0 Å². The maximum Gasteiger partial charge on any atom is 0.125 e. The molecule has 0 saturated heterocycles. The van der Waals surface area contributed by atoms with Crippen molar-refractivity contribution in [1.82, 2.24) is 10.3 Å². The predicted octanol–water partition coefficient (Wildman–Crippen LogP) is 4.70. The zero-order valence-corrected chi connectivity index (χ0v) is 13.7. The molecule has 1 heterocycles. The smallest absolute Gasteiger partial charge is 0.125 e. The fourth-order valence-corrected chi connectivity index (χ4v) is 3.89. The molecule has 1 N–H and O–H groups in total. The van der Waals surface area contributed by atoms with Crippen LogP contribution in [0, 0.1) is 5.82 Å². The van der Waals surface area contributed by atoms with Crippen molar-refractivity contribution in [2.75, 3.05) is 6.54 Å². The summed E-state index contributed by atoms with van der Waals surface area (Å²) in [6.45, 7) is 3.90. The molecule has 20 heavy (non-hydrogen) atoms. The predicted molar refractivity (Wildman–Crippen MR) is 84.6 cm³/mol. The largest absolute Gasteiger partial charge is 0.312 e. The van der Waals surface area contributed by atoms with Crippen LogP contribution in [0.2, 0.25) is 0 Å². The van der Waals surface area contributed by atoms with E-state index in [1.54, 1.807) is 23.5 Å². The van der Waals surface area contributed by atoms with Gasteiger partial charge in [0.05, 0.1) is 5.69 Å². The zero-order valence-electron chi connectivity index (χ0n) is 11.2. The maximum absolute atomic E-state index is 13.5. The van der Waals surface area contributed by atoms with E-state index in [1.165, 1.54) is 29.5 Å². The van der Waals surface area contributed by atoms with Gasteiger partial charge in [0, 0.05) is 27.4 Å². The van der Waals surface area contributed by atoms with Crippen molar-refractivity contribution >= 4 is 27.3 Å². The van der Waals surface area contributed by atoms with Gasteiger partial charge in [-0.15, -0.1) is 11.3 Å². The van der Waals surface area contributed by atoms with Crippen molar-refractivity contribution in [1.29, 1.82) is 0 Å². The summed E-state index contributed by atoms with van der Waals surface area (Å²) in [5, 5.41) is 4.27. The van der Waals surface area contributed by atoms with Gasteiger partial charge in [-0.2, -0.15) is 0 Å². The summed E-state index contributed by atoms with van der Waals surface area (Å²) in [4.78, 5) is 6.07. The molecule has 0 atom stereocenters.